The first-order valence-electron chi connectivity index (χ1n) is 6.58. The topological polar surface area (TPSA) is 38.3 Å². The minimum absolute atomic E-state index is 0.247. The second-order valence-corrected chi connectivity index (χ2v) is 6.99. The maximum absolute atomic E-state index is 12.0. The van der Waals surface area contributed by atoms with Gasteiger partial charge in [0.25, 0.3) is 0 Å². The summed E-state index contributed by atoms with van der Waals surface area (Å²) < 4.78 is 6.40. The summed E-state index contributed by atoms with van der Waals surface area (Å²) in [5.74, 6) is 0. The summed E-state index contributed by atoms with van der Waals surface area (Å²) in [6.45, 7) is 5.62. The zero-order valence-corrected chi connectivity index (χ0v) is 13.2. The molecule has 1 N–H and O–H groups in total. The predicted molar refractivity (Wildman–Crippen MR) is 79.0 cm³/mol. The average Bonchev–Trinajstić information content (AvgIpc) is 2.22. The summed E-state index contributed by atoms with van der Waals surface area (Å²) in [5, 5.41) is 3.05. The molecule has 1 aromatic carbocycles. The first-order valence-corrected chi connectivity index (χ1v) is 7.37. The molecule has 104 valence electrons. The Bertz CT molecular complexity index is 458. The molecule has 4 heteroatoms. The van der Waals surface area contributed by atoms with E-state index in [9.17, 15) is 4.79 Å². The van der Waals surface area contributed by atoms with E-state index in [1.807, 2.05) is 32.9 Å². The quantitative estimate of drug-likeness (QED) is 0.877. The molecule has 1 aliphatic rings. The number of hydrogen-bond donors (Lipinski definition) is 1. The molecule has 1 saturated carbocycles. The number of ether oxygens (including phenoxy) is 1. The van der Waals surface area contributed by atoms with Gasteiger partial charge in [-0.3, -0.25) is 0 Å². The molecule has 1 aromatic rings. The fourth-order valence-corrected chi connectivity index (χ4v) is 2.55. The standard InChI is InChI=1S/C15H20BrNO2/c1-14(2,3)19-13(18)17-15(9-4-10-15)11-5-7-12(16)8-6-11/h5-8H,4,9-10H2,1-3H3,(H,17,18). The van der Waals surface area contributed by atoms with Crippen LogP contribution in [0.1, 0.15) is 45.6 Å². The maximum atomic E-state index is 12.0. The Morgan fingerprint density at radius 2 is 1.84 bits per heavy atom. The monoisotopic (exact) mass is 325 g/mol. The number of amides is 1. The molecular formula is C15H20BrNO2. The molecule has 0 unspecified atom stereocenters. The van der Waals surface area contributed by atoms with Crippen LogP contribution in [-0.4, -0.2) is 11.7 Å². The highest BCUT2D eigenvalue weighted by molar-refractivity contribution is 9.10. The maximum Gasteiger partial charge on any atom is 0.408 e. The van der Waals surface area contributed by atoms with E-state index in [1.165, 1.54) is 0 Å². The molecule has 1 fully saturated rings. The lowest BCUT2D eigenvalue weighted by molar-refractivity contribution is 0.0377. The highest BCUT2D eigenvalue weighted by Crippen LogP contribution is 2.41. The number of carbonyl (C=O) groups excluding carboxylic acids is 1. The number of rotatable bonds is 2. The van der Waals surface area contributed by atoms with Crippen LogP contribution in [0.3, 0.4) is 0 Å². The second-order valence-electron chi connectivity index (χ2n) is 6.07. The van der Waals surface area contributed by atoms with Crippen LogP contribution in [0, 0.1) is 0 Å². The van der Waals surface area contributed by atoms with Crippen molar-refractivity contribution in [3.63, 3.8) is 0 Å². The Morgan fingerprint density at radius 3 is 2.26 bits per heavy atom. The van der Waals surface area contributed by atoms with Gasteiger partial charge in [0.15, 0.2) is 0 Å². The number of nitrogens with one attached hydrogen (secondary N) is 1. The van der Waals surface area contributed by atoms with E-state index in [0.29, 0.717) is 0 Å². The first-order chi connectivity index (χ1) is 8.81. The van der Waals surface area contributed by atoms with Gasteiger partial charge >= 0.3 is 6.09 Å². The lowest BCUT2D eigenvalue weighted by atomic mass is 9.72. The lowest BCUT2D eigenvalue weighted by Crippen LogP contribution is -2.52. The summed E-state index contributed by atoms with van der Waals surface area (Å²) in [7, 11) is 0. The minimum Gasteiger partial charge on any atom is -0.444 e. The smallest absolute Gasteiger partial charge is 0.408 e. The van der Waals surface area contributed by atoms with Crippen molar-refractivity contribution in [3.8, 4) is 0 Å². The van der Waals surface area contributed by atoms with Gasteiger partial charge in [0.05, 0.1) is 5.54 Å². The van der Waals surface area contributed by atoms with Gasteiger partial charge in [-0.05, 0) is 57.7 Å². The molecule has 0 spiro atoms. The molecule has 0 saturated heterocycles. The van der Waals surface area contributed by atoms with Crippen molar-refractivity contribution in [2.45, 2.75) is 51.2 Å². The number of hydrogen-bond acceptors (Lipinski definition) is 2. The molecule has 0 heterocycles. The van der Waals surface area contributed by atoms with Crippen molar-refractivity contribution in [1.29, 1.82) is 0 Å². The van der Waals surface area contributed by atoms with E-state index < -0.39 is 5.60 Å². The minimum atomic E-state index is -0.464. The lowest BCUT2D eigenvalue weighted by Gasteiger charge is -2.43. The van der Waals surface area contributed by atoms with Crippen molar-refractivity contribution < 1.29 is 9.53 Å². The zero-order valence-electron chi connectivity index (χ0n) is 11.6. The van der Waals surface area contributed by atoms with Gasteiger partial charge in [-0.2, -0.15) is 0 Å². The number of benzene rings is 1. The van der Waals surface area contributed by atoms with Crippen molar-refractivity contribution >= 4 is 22.0 Å². The van der Waals surface area contributed by atoms with Crippen LogP contribution in [0.5, 0.6) is 0 Å². The van der Waals surface area contributed by atoms with Crippen molar-refractivity contribution in [1.82, 2.24) is 5.32 Å². The van der Waals surface area contributed by atoms with Gasteiger partial charge in [0, 0.05) is 4.47 Å². The van der Waals surface area contributed by atoms with Gasteiger partial charge in [-0.1, -0.05) is 28.1 Å². The number of carbonyl (C=O) groups is 1. The molecule has 2 rings (SSSR count). The molecule has 0 atom stereocenters. The Balaban J connectivity index is 2.11. The summed E-state index contributed by atoms with van der Waals surface area (Å²) >= 11 is 3.43. The fraction of sp³-hybridized carbons (Fsp3) is 0.533. The third-order valence-electron chi connectivity index (χ3n) is 3.34. The molecule has 3 nitrogen and oxygen atoms in total. The predicted octanol–water partition coefficient (Wildman–Crippen LogP) is 4.35. The summed E-state index contributed by atoms with van der Waals surface area (Å²) in [6.07, 6.45) is 2.73. The van der Waals surface area contributed by atoms with Crippen molar-refractivity contribution in [2.24, 2.45) is 0 Å². The average molecular weight is 326 g/mol. The van der Waals surface area contributed by atoms with Crippen molar-refractivity contribution in [2.75, 3.05) is 0 Å². The summed E-state index contributed by atoms with van der Waals surface area (Å²) in [5.41, 5.74) is 0.436. The Hall–Kier alpha value is -1.03. The SMILES string of the molecule is CC(C)(C)OC(=O)NC1(c2ccc(Br)cc2)CCC1. The third-order valence-corrected chi connectivity index (χ3v) is 3.87. The fourth-order valence-electron chi connectivity index (χ4n) is 2.28. The van der Waals surface area contributed by atoms with Crippen LogP contribution >= 0.6 is 15.9 Å². The van der Waals surface area contributed by atoms with E-state index in [0.717, 1.165) is 29.3 Å². The molecule has 0 radical (unpaired) electrons. The molecule has 19 heavy (non-hydrogen) atoms. The summed E-state index contributed by atoms with van der Waals surface area (Å²) in [6, 6.07) is 8.12. The van der Waals surface area contributed by atoms with Crippen LogP contribution in [0.4, 0.5) is 4.79 Å². The highest BCUT2D eigenvalue weighted by atomic mass is 79.9. The largest absolute Gasteiger partial charge is 0.444 e. The first kappa shape index (κ1) is 14.4. The van der Waals surface area contributed by atoms with E-state index in [2.05, 4.69) is 33.4 Å². The van der Waals surface area contributed by atoms with E-state index in [4.69, 9.17) is 4.74 Å². The Labute approximate surface area is 122 Å². The van der Waals surface area contributed by atoms with Crippen LogP contribution < -0.4 is 5.32 Å². The second kappa shape index (κ2) is 5.16. The molecule has 0 aliphatic heterocycles. The number of halogens is 1. The zero-order chi connectivity index (χ0) is 14.1. The number of alkyl carbamates (subject to hydrolysis) is 1. The Morgan fingerprint density at radius 1 is 1.26 bits per heavy atom. The summed E-state index contributed by atoms with van der Waals surface area (Å²) in [4.78, 5) is 12.0. The molecule has 0 aromatic heterocycles. The van der Waals surface area contributed by atoms with Crippen LogP contribution in [-0.2, 0) is 10.3 Å². The van der Waals surface area contributed by atoms with E-state index >= 15 is 0 Å². The molecular weight excluding hydrogens is 306 g/mol. The highest BCUT2D eigenvalue weighted by Gasteiger charge is 2.41. The van der Waals surface area contributed by atoms with Gasteiger partial charge in [0.2, 0.25) is 0 Å². The van der Waals surface area contributed by atoms with Gasteiger partial charge in [0.1, 0.15) is 5.60 Å². The van der Waals surface area contributed by atoms with Gasteiger partial charge in [-0.25, -0.2) is 4.79 Å². The van der Waals surface area contributed by atoms with Crippen LogP contribution in [0.25, 0.3) is 0 Å². The third kappa shape index (κ3) is 3.50. The van der Waals surface area contributed by atoms with E-state index in [1.54, 1.807) is 0 Å². The van der Waals surface area contributed by atoms with E-state index in [-0.39, 0.29) is 11.6 Å². The normalized spacial score (nSPS) is 17.5. The van der Waals surface area contributed by atoms with Crippen LogP contribution in [0.15, 0.2) is 28.7 Å². The molecule has 1 amide bonds. The Kier molecular flexibility index (Phi) is 3.90. The van der Waals surface area contributed by atoms with Crippen molar-refractivity contribution in [3.05, 3.63) is 34.3 Å². The van der Waals surface area contributed by atoms with Crippen LogP contribution in [0.2, 0.25) is 0 Å². The molecule has 1 aliphatic carbocycles. The molecule has 0 bridgehead atoms. The van der Waals surface area contributed by atoms with Gasteiger partial charge in [-0.15, -0.1) is 0 Å². The van der Waals surface area contributed by atoms with Gasteiger partial charge < -0.3 is 10.1 Å².